The summed E-state index contributed by atoms with van der Waals surface area (Å²) in [6.07, 6.45) is 3.40. The number of fused-ring (bicyclic) bond motifs is 6. The maximum absolute atomic E-state index is 15.3. The SMILES string of the molecule is C=C/C1=C\C2=C(/C=C3\NCc4ccc(cc43)-c3cccc(c3)[C@H]3CCNC[C@@H]3C(=O)N1C1CC1)OC(F)(F)C(=O)N2CCCOC. The molecule has 2 aromatic rings. The van der Waals surface area contributed by atoms with Crippen LogP contribution in [-0.2, 0) is 25.6 Å². The van der Waals surface area contributed by atoms with Crippen LogP contribution in [0.25, 0.3) is 16.8 Å². The molecule has 0 unspecified atom stereocenters. The molecular formula is C36H38F2N4O4. The van der Waals surface area contributed by atoms with Gasteiger partial charge in [-0.1, -0.05) is 43.0 Å². The molecule has 8 nitrogen and oxygen atoms in total. The maximum Gasteiger partial charge on any atom is 0.482 e. The first kappa shape index (κ1) is 30.4. The lowest BCUT2D eigenvalue weighted by Gasteiger charge is -2.37. The van der Waals surface area contributed by atoms with E-state index in [0.29, 0.717) is 30.9 Å². The molecule has 1 saturated heterocycles. The lowest BCUT2D eigenvalue weighted by Crippen LogP contribution is -2.49. The van der Waals surface area contributed by atoms with Gasteiger partial charge in [-0.25, -0.2) is 0 Å². The minimum Gasteiger partial charge on any atom is -0.423 e. The molecule has 240 valence electrons. The summed E-state index contributed by atoms with van der Waals surface area (Å²) in [5.74, 6) is -2.05. The number of nitrogens with one attached hydrogen (secondary N) is 2. The Hall–Kier alpha value is -4.28. The number of hydrogen-bond donors (Lipinski definition) is 2. The van der Waals surface area contributed by atoms with Gasteiger partial charge in [-0.15, -0.1) is 0 Å². The number of carbonyl (C=O) groups is 2. The van der Waals surface area contributed by atoms with Crippen LogP contribution in [0.4, 0.5) is 8.78 Å². The first-order valence-corrected chi connectivity index (χ1v) is 16.0. The number of hydrogen-bond acceptors (Lipinski definition) is 6. The van der Waals surface area contributed by atoms with Gasteiger partial charge in [0.2, 0.25) is 5.91 Å². The molecule has 10 heteroatoms. The molecule has 46 heavy (non-hydrogen) atoms. The topological polar surface area (TPSA) is 83.1 Å². The molecule has 2 fully saturated rings. The van der Waals surface area contributed by atoms with Crippen molar-refractivity contribution >= 4 is 17.5 Å². The molecule has 2 aromatic carbocycles. The van der Waals surface area contributed by atoms with Gasteiger partial charge < -0.3 is 29.9 Å². The third-order valence-corrected chi connectivity index (χ3v) is 9.52. The molecule has 0 radical (unpaired) electrons. The van der Waals surface area contributed by atoms with E-state index in [2.05, 4.69) is 47.5 Å². The second kappa shape index (κ2) is 12.1. The quantitative estimate of drug-likeness (QED) is 0.425. The summed E-state index contributed by atoms with van der Waals surface area (Å²) in [4.78, 5) is 30.6. The summed E-state index contributed by atoms with van der Waals surface area (Å²) in [6.45, 7) is 6.12. The molecule has 0 spiro atoms. The van der Waals surface area contributed by atoms with E-state index in [-0.39, 0.29) is 48.4 Å². The van der Waals surface area contributed by atoms with E-state index in [1.165, 1.54) is 7.11 Å². The molecule has 5 aliphatic rings. The highest BCUT2D eigenvalue weighted by molar-refractivity contribution is 5.87. The van der Waals surface area contributed by atoms with Crippen molar-refractivity contribution in [2.45, 2.75) is 50.3 Å². The number of allylic oxidation sites excluding steroid dienone is 3. The number of halogens is 2. The van der Waals surface area contributed by atoms with Crippen molar-refractivity contribution in [3.63, 3.8) is 0 Å². The normalized spacial score (nSPS) is 26.2. The molecule has 7 rings (SSSR count). The fourth-order valence-electron chi connectivity index (χ4n) is 7.04. The average Bonchev–Trinajstić information content (AvgIpc) is 3.83. The van der Waals surface area contributed by atoms with Crippen LogP contribution < -0.4 is 10.6 Å². The zero-order valence-corrected chi connectivity index (χ0v) is 25.9. The number of amides is 2. The summed E-state index contributed by atoms with van der Waals surface area (Å²) in [6, 6.07) is 14.5. The first-order chi connectivity index (χ1) is 22.3. The molecule has 1 saturated carbocycles. The lowest BCUT2D eigenvalue weighted by molar-refractivity contribution is -0.228. The second-order valence-corrected chi connectivity index (χ2v) is 12.5. The zero-order valence-electron chi connectivity index (χ0n) is 25.9. The zero-order chi connectivity index (χ0) is 32.0. The van der Waals surface area contributed by atoms with Gasteiger partial charge in [-0.05, 0) is 78.6 Å². The largest absolute Gasteiger partial charge is 0.482 e. The average molecular weight is 629 g/mol. The Morgan fingerprint density at radius 3 is 2.70 bits per heavy atom. The minimum atomic E-state index is -4.08. The highest BCUT2D eigenvalue weighted by Crippen LogP contribution is 2.41. The highest BCUT2D eigenvalue weighted by atomic mass is 19.3. The van der Waals surface area contributed by atoms with Crippen molar-refractivity contribution in [3.05, 3.63) is 101 Å². The predicted molar refractivity (Wildman–Crippen MR) is 170 cm³/mol. The van der Waals surface area contributed by atoms with Crippen molar-refractivity contribution < 1.29 is 27.8 Å². The summed E-state index contributed by atoms with van der Waals surface area (Å²) in [5.41, 5.74) is 6.21. The maximum atomic E-state index is 15.3. The van der Waals surface area contributed by atoms with E-state index >= 15 is 8.78 Å². The monoisotopic (exact) mass is 628 g/mol. The van der Waals surface area contributed by atoms with Crippen LogP contribution in [0, 0.1) is 5.92 Å². The molecule has 2 amide bonds. The number of methoxy groups -OCH3 is 1. The molecule has 2 atom stereocenters. The van der Waals surface area contributed by atoms with Crippen LogP contribution >= 0.6 is 0 Å². The standard InChI is InChI=1S/C36H38F2N4O4/c1-3-26-18-32-33(46-36(37,38)35(44)41(32)14-5-15-45-2)19-31-29-17-23(8-9-25(29)20-40-31)22-6-4-7-24(16-22)28-12-13-39-21-30(28)34(43)42(26)27-10-11-27/h3-4,6-9,16-19,27-28,30,39-40H,1,5,10-15,20-21H2,2H3/b26-18+,31-19-/t28-,30+/m1/s1. The van der Waals surface area contributed by atoms with Crippen LogP contribution in [-0.4, -0.2) is 67.1 Å². The van der Waals surface area contributed by atoms with Crippen LogP contribution in [0.1, 0.15) is 48.3 Å². The first-order valence-electron chi connectivity index (χ1n) is 16.0. The molecule has 4 aliphatic heterocycles. The van der Waals surface area contributed by atoms with Gasteiger partial charge in [0.15, 0.2) is 5.76 Å². The van der Waals surface area contributed by atoms with E-state index in [1.807, 2.05) is 12.1 Å². The van der Waals surface area contributed by atoms with E-state index < -0.39 is 12.0 Å². The second-order valence-electron chi connectivity index (χ2n) is 12.5. The molecule has 0 aromatic heterocycles. The van der Waals surface area contributed by atoms with E-state index in [9.17, 15) is 9.59 Å². The number of benzene rings is 2. The Bertz CT molecular complexity index is 1680. The van der Waals surface area contributed by atoms with E-state index in [0.717, 1.165) is 58.5 Å². The minimum absolute atomic E-state index is 0.0147. The van der Waals surface area contributed by atoms with Gasteiger partial charge in [-0.2, -0.15) is 8.78 Å². The third kappa shape index (κ3) is 5.54. The fraction of sp³-hybridized carbons (Fsp3) is 0.389. The highest BCUT2D eigenvalue weighted by Gasteiger charge is 2.51. The van der Waals surface area contributed by atoms with Crippen LogP contribution in [0.2, 0.25) is 0 Å². The number of nitrogens with zero attached hydrogens (tertiary/aromatic N) is 2. The number of piperidine rings is 1. The summed E-state index contributed by atoms with van der Waals surface area (Å²) >= 11 is 0. The van der Waals surface area contributed by atoms with Gasteiger partial charge in [0, 0.05) is 62.4 Å². The van der Waals surface area contributed by atoms with Crippen molar-refractivity contribution in [2.75, 3.05) is 33.4 Å². The Morgan fingerprint density at radius 2 is 1.91 bits per heavy atom. The Morgan fingerprint density at radius 1 is 1.09 bits per heavy atom. The number of rotatable bonds is 6. The number of alkyl halides is 2. The van der Waals surface area contributed by atoms with Gasteiger partial charge in [0.25, 0.3) is 0 Å². The smallest absolute Gasteiger partial charge is 0.423 e. The Kier molecular flexibility index (Phi) is 8.02. The van der Waals surface area contributed by atoms with E-state index in [4.69, 9.17) is 9.47 Å². The molecule has 4 bridgehead atoms. The van der Waals surface area contributed by atoms with E-state index in [1.54, 1.807) is 23.1 Å². The molecule has 4 heterocycles. The van der Waals surface area contributed by atoms with Crippen molar-refractivity contribution in [1.29, 1.82) is 0 Å². The number of carbonyl (C=O) groups excluding carboxylic acids is 2. The van der Waals surface area contributed by atoms with Crippen LogP contribution in [0.5, 0.6) is 0 Å². The van der Waals surface area contributed by atoms with Gasteiger partial charge in [0.05, 0.1) is 11.6 Å². The summed E-state index contributed by atoms with van der Waals surface area (Å²) in [7, 11) is 1.52. The Labute approximate surface area is 267 Å². The number of ether oxygens (including phenoxy) is 2. The summed E-state index contributed by atoms with van der Waals surface area (Å²) < 4.78 is 41.0. The lowest BCUT2D eigenvalue weighted by atomic mass is 9.79. The van der Waals surface area contributed by atoms with Crippen molar-refractivity contribution in [2.24, 2.45) is 5.92 Å². The fourth-order valence-corrected chi connectivity index (χ4v) is 7.04. The van der Waals surface area contributed by atoms with Crippen LogP contribution in [0.15, 0.2) is 84.4 Å². The molecule has 1 aliphatic carbocycles. The summed E-state index contributed by atoms with van der Waals surface area (Å²) in [5, 5.41) is 6.76. The third-order valence-electron chi connectivity index (χ3n) is 9.52. The van der Waals surface area contributed by atoms with Gasteiger partial charge in [0.1, 0.15) is 0 Å². The van der Waals surface area contributed by atoms with Crippen molar-refractivity contribution in [1.82, 2.24) is 20.4 Å². The van der Waals surface area contributed by atoms with Crippen molar-refractivity contribution in [3.8, 4) is 11.1 Å². The van der Waals surface area contributed by atoms with Gasteiger partial charge in [-0.3, -0.25) is 9.59 Å². The van der Waals surface area contributed by atoms with Gasteiger partial charge >= 0.3 is 12.0 Å². The van der Waals surface area contributed by atoms with Crippen LogP contribution in [0.3, 0.4) is 0 Å². The molecule has 2 N–H and O–H groups in total. The molecular weight excluding hydrogens is 590 g/mol. The predicted octanol–water partition coefficient (Wildman–Crippen LogP) is 5.27. The Balaban J connectivity index is 1.47.